The van der Waals surface area contributed by atoms with Gasteiger partial charge in [0.05, 0.1) is 0 Å². The Labute approximate surface area is 408 Å². The van der Waals surface area contributed by atoms with E-state index in [1.165, 1.54) is 122 Å². The molecule has 8 aliphatic rings. The van der Waals surface area contributed by atoms with Gasteiger partial charge < -0.3 is 0 Å². The maximum absolute atomic E-state index is 2.75. The van der Waals surface area contributed by atoms with Crippen LogP contribution in [0.25, 0.3) is 48.6 Å². The Morgan fingerprint density at radius 3 is 0.735 bits per heavy atom. The van der Waals surface area contributed by atoms with Gasteiger partial charge >= 0.3 is 0 Å². The molecule has 14 rings (SSSR count). The highest BCUT2D eigenvalue weighted by Crippen LogP contribution is 2.85. The van der Waals surface area contributed by atoms with Crippen LogP contribution in [-0.4, -0.2) is 0 Å². The molecule has 0 spiro atoms. The highest BCUT2D eigenvalue weighted by molar-refractivity contribution is 5.77. The second-order valence-electron chi connectivity index (χ2n) is 25.2. The summed E-state index contributed by atoms with van der Waals surface area (Å²) in [5.41, 5.74) is 15.7. The minimum absolute atomic E-state index is 0.153. The van der Waals surface area contributed by atoms with Crippen molar-refractivity contribution in [2.75, 3.05) is 0 Å². The Morgan fingerprint density at radius 2 is 0.485 bits per heavy atom. The van der Waals surface area contributed by atoms with Crippen LogP contribution in [0.5, 0.6) is 0 Å². The van der Waals surface area contributed by atoms with Gasteiger partial charge in [-0.05, 0) is 188 Å². The van der Waals surface area contributed by atoms with Gasteiger partial charge in [0.1, 0.15) is 0 Å². The molecule has 0 radical (unpaired) electrons. The molecular formula is C68H70. The van der Waals surface area contributed by atoms with Crippen molar-refractivity contribution in [2.45, 2.75) is 116 Å². The molecule has 0 saturated heterocycles. The Kier molecular flexibility index (Phi) is 10.2. The van der Waals surface area contributed by atoms with E-state index in [0.717, 1.165) is 0 Å². The van der Waals surface area contributed by atoms with Crippen LogP contribution in [0.4, 0.5) is 0 Å². The van der Waals surface area contributed by atoms with E-state index in [9.17, 15) is 0 Å². The number of hydrogen-bond donors (Lipinski definition) is 0. The van der Waals surface area contributed by atoms with Crippen LogP contribution in [-0.2, 0) is 10.8 Å². The van der Waals surface area contributed by atoms with Gasteiger partial charge in [-0.15, -0.1) is 0 Å². The average molecular weight is 887 g/mol. The largest absolute Gasteiger partial charge is 0.0622 e. The Balaban J connectivity index is 0.975. The van der Waals surface area contributed by atoms with Crippen molar-refractivity contribution in [2.24, 2.45) is 32.5 Å². The molecule has 0 amide bonds. The topological polar surface area (TPSA) is 0 Å². The van der Waals surface area contributed by atoms with E-state index >= 15 is 0 Å². The van der Waals surface area contributed by atoms with Gasteiger partial charge in [0.15, 0.2) is 0 Å². The number of hydrogen-bond acceptors (Lipinski definition) is 0. The second kappa shape index (κ2) is 15.9. The maximum atomic E-state index is 2.75. The maximum Gasteiger partial charge on any atom is -0.00307 e. The van der Waals surface area contributed by atoms with E-state index in [4.69, 9.17) is 0 Å². The summed E-state index contributed by atoms with van der Waals surface area (Å²) in [5, 5.41) is 0. The van der Waals surface area contributed by atoms with Crippen LogP contribution >= 0.6 is 0 Å². The van der Waals surface area contributed by atoms with Gasteiger partial charge in [0, 0.05) is 0 Å². The molecule has 8 bridgehead atoms. The van der Waals surface area contributed by atoms with Crippen LogP contribution in [0.1, 0.15) is 160 Å². The molecule has 4 atom stereocenters. The molecule has 6 aromatic rings. The zero-order valence-corrected chi connectivity index (χ0v) is 41.1. The highest BCUT2D eigenvalue weighted by Gasteiger charge is 2.76. The first-order valence-electron chi connectivity index (χ1n) is 26.0. The molecule has 68 heavy (non-hydrogen) atoms. The van der Waals surface area contributed by atoms with E-state index in [2.05, 4.69) is 234 Å². The van der Waals surface area contributed by atoms with E-state index in [1.807, 2.05) is 0 Å². The van der Waals surface area contributed by atoms with Crippen molar-refractivity contribution in [3.8, 4) is 0 Å². The monoisotopic (exact) mass is 887 g/mol. The molecule has 0 aromatic heterocycles. The van der Waals surface area contributed by atoms with Gasteiger partial charge in [-0.1, -0.05) is 222 Å². The van der Waals surface area contributed by atoms with Crippen LogP contribution in [0.2, 0.25) is 0 Å². The molecule has 342 valence electrons. The Bertz CT molecular complexity index is 2590. The van der Waals surface area contributed by atoms with E-state index in [1.54, 1.807) is 11.1 Å². The first-order chi connectivity index (χ1) is 32.7. The molecule has 0 heterocycles. The zero-order valence-electron chi connectivity index (χ0n) is 41.1. The zero-order chi connectivity index (χ0) is 46.3. The Morgan fingerprint density at radius 1 is 0.250 bits per heavy atom. The standard InChI is InChI=1S/C68H70/c1-61-39-62(2)42-65(41-61,59-35-55(29-25-51-17-9-5-10-18-51)33-56(36-59)30-26-52-19-11-6-12-20-52)49-67(45-61,46-62)68-47-63(3)40-64(4,48-68)44-66(43-63,50-68)60-37-57(31-27-53-21-13-7-14-22-53)34-58(38-60)32-28-54-23-15-8-16-24-54/h5-38H,39-50H2,1-4H3. The van der Waals surface area contributed by atoms with Crippen molar-refractivity contribution >= 4 is 48.6 Å². The number of rotatable bonds is 11. The normalized spacial score (nSPS) is 34.6. The van der Waals surface area contributed by atoms with Crippen molar-refractivity contribution in [1.29, 1.82) is 0 Å². The fourth-order valence-corrected chi connectivity index (χ4v) is 18.5. The molecule has 8 saturated carbocycles. The van der Waals surface area contributed by atoms with Crippen LogP contribution in [0, 0.1) is 32.5 Å². The minimum Gasteiger partial charge on any atom is -0.0622 e. The summed E-state index contributed by atoms with van der Waals surface area (Å²) < 4.78 is 0. The molecule has 8 aliphatic carbocycles. The molecule has 0 nitrogen and oxygen atoms in total. The first kappa shape index (κ1) is 43.6. The van der Waals surface area contributed by atoms with Gasteiger partial charge in [-0.2, -0.15) is 0 Å². The predicted octanol–water partition coefficient (Wildman–Crippen LogP) is 18.3. The minimum atomic E-state index is 0.153. The molecule has 0 heteroatoms. The smallest absolute Gasteiger partial charge is 0.00307 e. The molecule has 6 aromatic carbocycles. The van der Waals surface area contributed by atoms with Gasteiger partial charge in [-0.3, -0.25) is 0 Å². The summed E-state index contributed by atoms with van der Waals surface area (Å²) >= 11 is 0. The van der Waals surface area contributed by atoms with Crippen molar-refractivity contribution in [3.05, 3.63) is 213 Å². The van der Waals surface area contributed by atoms with Gasteiger partial charge in [-0.25, -0.2) is 0 Å². The summed E-state index contributed by atoms with van der Waals surface area (Å²) in [5.74, 6) is 0. The molecular weight excluding hydrogens is 817 g/mol. The molecule has 0 N–H and O–H groups in total. The SMILES string of the molecule is CC12CC3(C)CC(c4cc(C=Cc5ccccc5)cc(C=Cc5ccccc5)c4)(C1)CC(C14CC5(C)CC(C)(CC(c6cc(C=Cc7ccccc7)cc(C=Cc7ccccc7)c6)(C5)C1)C4)(C2)C3. The van der Waals surface area contributed by atoms with Crippen molar-refractivity contribution in [3.63, 3.8) is 0 Å². The lowest BCUT2D eigenvalue weighted by atomic mass is 9.24. The van der Waals surface area contributed by atoms with Gasteiger partial charge in [0.2, 0.25) is 0 Å². The summed E-state index contributed by atoms with van der Waals surface area (Å²) in [7, 11) is 0. The quantitative estimate of drug-likeness (QED) is 0.114. The summed E-state index contributed by atoms with van der Waals surface area (Å²) in [6.07, 6.45) is 35.1. The lowest BCUT2D eigenvalue weighted by molar-refractivity contribution is -0.275. The third-order valence-electron chi connectivity index (χ3n) is 18.6. The predicted molar refractivity (Wildman–Crippen MR) is 290 cm³/mol. The van der Waals surface area contributed by atoms with E-state index in [-0.39, 0.29) is 10.8 Å². The fourth-order valence-electron chi connectivity index (χ4n) is 18.5. The van der Waals surface area contributed by atoms with Crippen LogP contribution in [0.15, 0.2) is 158 Å². The Hall–Kier alpha value is -5.72. The highest BCUT2D eigenvalue weighted by atomic mass is 14.8. The van der Waals surface area contributed by atoms with E-state index < -0.39 is 0 Å². The van der Waals surface area contributed by atoms with Crippen LogP contribution < -0.4 is 0 Å². The second-order valence-corrected chi connectivity index (χ2v) is 25.2. The summed E-state index contributed by atoms with van der Waals surface area (Å²) in [6.45, 7) is 11.0. The third-order valence-corrected chi connectivity index (χ3v) is 18.6. The number of benzene rings is 6. The molecule has 0 aliphatic heterocycles. The third kappa shape index (κ3) is 7.95. The van der Waals surface area contributed by atoms with Crippen molar-refractivity contribution < 1.29 is 0 Å². The van der Waals surface area contributed by atoms with Gasteiger partial charge in [0.25, 0.3) is 0 Å². The van der Waals surface area contributed by atoms with Crippen molar-refractivity contribution in [1.82, 2.24) is 0 Å². The average Bonchev–Trinajstić information content (AvgIpc) is 3.30. The lowest BCUT2D eigenvalue weighted by Crippen LogP contribution is -2.71. The first-order valence-corrected chi connectivity index (χ1v) is 26.0. The lowest BCUT2D eigenvalue weighted by Gasteiger charge is -2.80. The van der Waals surface area contributed by atoms with E-state index in [0.29, 0.717) is 32.5 Å². The van der Waals surface area contributed by atoms with Crippen LogP contribution in [0.3, 0.4) is 0 Å². The summed E-state index contributed by atoms with van der Waals surface area (Å²) in [4.78, 5) is 0. The molecule has 8 fully saturated rings. The molecule has 4 unspecified atom stereocenters. The fraction of sp³-hybridized carbons (Fsp3) is 0.353. The summed E-state index contributed by atoms with van der Waals surface area (Å²) in [6, 6.07) is 58.8.